The summed E-state index contributed by atoms with van der Waals surface area (Å²) in [5, 5.41) is 7.00. The Hall–Kier alpha value is -5.44. The number of para-hydroxylation sites is 4. The molecule has 0 atom stereocenters. The Kier molecular flexibility index (Phi) is 17.2. The molecule has 0 aliphatic heterocycles. The Morgan fingerprint density at radius 3 is 1.36 bits per heavy atom. The number of ether oxygens (including phenoxy) is 3. The minimum Gasteiger partial charge on any atom is -1.00 e. The summed E-state index contributed by atoms with van der Waals surface area (Å²) in [4.78, 5) is 0. The topological polar surface area (TPSA) is 60.6 Å². The van der Waals surface area contributed by atoms with Gasteiger partial charge in [0.05, 0.1) is 11.4 Å². The lowest BCUT2D eigenvalue weighted by atomic mass is 10.1. The Bertz CT molecular complexity index is 2040. The molecule has 7 rings (SSSR count). The van der Waals surface area contributed by atoms with Crippen molar-refractivity contribution in [2.24, 2.45) is 0 Å². The Morgan fingerprint density at radius 1 is 0.518 bits per heavy atom. The summed E-state index contributed by atoms with van der Waals surface area (Å²) in [5.41, 5.74) is 14.3. The van der Waals surface area contributed by atoms with E-state index in [1.165, 1.54) is 44.7 Å². The van der Waals surface area contributed by atoms with Crippen molar-refractivity contribution in [2.75, 3.05) is 30.5 Å². The number of benzene rings is 6. The number of halogens is 1. The molecule has 0 aliphatic rings. The first-order valence-electron chi connectivity index (χ1n) is 19.1. The van der Waals surface area contributed by atoms with Crippen LogP contribution in [0.5, 0.6) is 0 Å². The summed E-state index contributed by atoms with van der Waals surface area (Å²) >= 11 is 0. The van der Waals surface area contributed by atoms with Crippen LogP contribution in [0.15, 0.2) is 152 Å². The zero-order valence-electron chi connectivity index (χ0n) is 33.6. The highest BCUT2D eigenvalue weighted by Gasteiger charge is 2.19. The van der Waals surface area contributed by atoms with Gasteiger partial charge in [0.2, 0.25) is 0 Å². The maximum atomic E-state index is 5.08. The molecule has 292 valence electrons. The number of imidazole rings is 1. The molecule has 0 aliphatic carbocycles. The van der Waals surface area contributed by atoms with Gasteiger partial charge in [0, 0.05) is 31.2 Å². The molecule has 0 bridgehead atoms. The van der Waals surface area contributed by atoms with Crippen LogP contribution in [-0.4, -0.2) is 30.9 Å². The molecule has 1 heterocycles. The van der Waals surface area contributed by atoms with E-state index in [9.17, 15) is 0 Å². The van der Waals surface area contributed by atoms with E-state index in [1.54, 1.807) is 0 Å². The first kappa shape index (κ1) is 43.3. The summed E-state index contributed by atoms with van der Waals surface area (Å²) in [7, 11) is 0. The minimum atomic E-state index is -0.472. The van der Waals surface area contributed by atoms with Crippen LogP contribution in [0.3, 0.4) is 0 Å². The molecule has 0 spiro atoms. The van der Waals surface area contributed by atoms with E-state index in [2.05, 4.69) is 163 Å². The monoisotopic (exact) mass is 770 g/mol. The molecule has 56 heavy (non-hydrogen) atoms. The number of aromatic nitrogens is 2. The molecule has 0 saturated carbocycles. The largest absolute Gasteiger partial charge is 1.00 e. The number of rotatable bonds is 12. The molecule has 0 amide bonds. The van der Waals surface area contributed by atoms with Crippen molar-refractivity contribution in [1.29, 1.82) is 0 Å². The highest BCUT2D eigenvalue weighted by Crippen LogP contribution is 2.31. The van der Waals surface area contributed by atoms with Crippen molar-refractivity contribution < 1.29 is 31.2 Å². The zero-order chi connectivity index (χ0) is 39.0. The van der Waals surface area contributed by atoms with Crippen LogP contribution in [0.25, 0.3) is 22.4 Å². The van der Waals surface area contributed by atoms with Gasteiger partial charge in [0.25, 0.3) is 12.8 Å². The molecular weight excluding hydrogens is 716 g/mol. The normalized spacial score (nSPS) is 10.5. The highest BCUT2D eigenvalue weighted by atomic mass is 35.5. The van der Waals surface area contributed by atoms with Crippen molar-refractivity contribution in [2.45, 2.75) is 54.9 Å². The maximum Gasteiger partial charge on any atom is 0.271 e. The van der Waals surface area contributed by atoms with Crippen LogP contribution in [0.1, 0.15) is 43.0 Å². The Balaban J connectivity index is 0.000000199. The lowest BCUT2D eigenvalue weighted by Crippen LogP contribution is -3.00. The van der Waals surface area contributed by atoms with Crippen molar-refractivity contribution >= 4 is 33.8 Å². The first-order chi connectivity index (χ1) is 26.8. The van der Waals surface area contributed by atoms with Crippen LogP contribution >= 0.6 is 0 Å². The zero-order valence-corrected chi connectivity index (χ0v) is 34.4. The van der Waals surface area contributed by atoms with Crippen LogP contribution in [-0.2, 0) is 14.2 Å². The molecule has 2 N–H and O–H groups in total. The average Bonchev–Trinajstić information content (AvgIpc) is 3.57. The smallest absolute Gasteiger partial charge is 0.271 e. The standard InChI is InChI=1S/C21H19N2.C20H20N2.C7H16O3.ClH/c1-16-13-20-21(14-17(16)2)23(19-11-7-4-8-12-19)15-22(20)18-9-5-3-6-10-18;1-15-13-19(21-17-9-5-3-6-10-17)20(14-16(15)2)22-18-11-7-4-8-12-18;1-4-8-7(9-5-2)10-6-3;/h3-15H,1-2H3;3-14,21-22H,1-2H3;7H,4-6H2,1-3H3;1H/q+1;;;/p-1. The fourth-order valence-electron chi connectivity index (χ4n) is 5.93. The van der Waals surface area contributed by atoms with Crippen molar-refractivity contribution in [3.05, 3.63) is 174 Å². The molecular formula is C48H55ClN4O3. The molecule has 0 saturated heterocycles. The number of nitrogens with zero attached hydrogens (tertiary/aromatic N) is 2. The minimum absolute atomic E-state index is 0. The Labute approximate surface area is 339 Å². The molecule has 0 unspecified atom stereocenters. The second-order valence-corrected chi connectivity index (χ2v) is 13.1. The van der Waals surface area contributed by atoms with Crippen LogP contribution in [0, 0.1) is 27.7 Å². The van der Waals surface area contributed by atoms with Gasteiger partial charge in [-0.2, -0.15) is 9.13 Å². The molecule has 7 nitrogen and oxygen atoms in total. The van der Waals surface area contributed by atoms with E-state index in [0.717, 1.165) is 22.7 Å². The number of hydrogen-bond donors (Lipinski definition) is 2. The molecule has 1 aromatic heterocycles. The van der Waals surface area contributed by atoms with Crippen LogP contribution in [0.4, 0.5) is 22.7 Å². The summed E-state index contributed by atoms with van der Waals surface area (Å²) < 4.78 is 19.8. The lowest BCUT2D eigenvalue weighted by molar-refractivity contribution is -0.567. The first-order valence-corrected chi connectivity index (χ1v) is 19.1. The molecule has 0 fully saturated rings. The van der Waals surface area contributed by atoms with E-state index in [-0.39, 0.29) is 12.4 Å². The third-order valence-electron chi connectivity index (χ3n) is 9.06. The second-order valence-electron chi connectivity index (χ2n) is 13.1. The van der Waals surface area contributed by atoms with Gasteiger partial charge in [0.1, 0.15) is 11.4 Å². The SMILES string of the molecule is CCOC(OCC)OCC.Cc1cc(Nc2ccccc2)c(Nc2ccccc2)cc1C.Cc1cc2c(cc1C)[n+](-c1ccccc1)cn2-c1ccccc1.[Cl-]. The highest BCUT2D eigenvalue weighted by molar-refractivity contribution is 5.80. The number of nitrogens with one attached hydrogen (secondary N) is 2. The van der Waals surface area contributed by atoms with Gasteiger partial charge in [0.15, 0.2) is 11.0 Å². The molecule has 6 aromatic carbocycles. The number of aryl methyl sites for hydroxylation is 4. The maximum absolute atomic E-state index is 5.08. The summed E-state index contributed by atoms with van der Waals surface area (Å²) in [5.74, 6) is 0. The van der Waals surface area contributed by atoms with Gasteiger partial charge in [-0.25, -0.2) is 0 Å². The van der Waals surface area contributed by atoms with Crippen LogP contribution < -0.4 is 27.6 Å². The second kappa shape index (κ2) is 22.2. The third kappa shape index (κ3) is 12.0. The number of anilines is 4. The van der Waals surface area contributed by atoms with Crippen LogP contribution in [0.2, 0.25) is 0 Å². The van der Waals surface area contributed by atoms with Crippen molar-refractivity contribution in [3.63, 3.8) is 0 Å². The lowest BCUT2D eigenvalue weighted by Gasteiger charge is -2.16. The van der Waals surface area contributed by atoms with Crippen molar-refractivity contribution in [3.8, 4) is 11.4 Å². The summed E-state index contributed by atoms with van der Waals surface area (Å²) in [6.07, 6.45) is 2.17. The van der Waals surface area contributed by atoms with E-state index < -0.39 is 6.48 Å². The molecule has 8 heteroatoms. The predicted octanol–water partition coefficient (Wildman–Crippen LogP) is 8.70. The molecule has 7 aromatic rings. The van der Waals surface area contributed by atoms with E-state index >= 15 is 0 Å². The van der Waals surface area contributed by atoms with Gasteiger partial charge in [-0.1, -0.05) is 72.8 Å². The molecule has 0 radical (unpaired) electrons. The van der Waals surface area contributed by atoms with Crippen molar-refractivity contribution in [1.82, 2.24) is 4.57 Å². The van der Waals surface area contributed by atoms with E-state index in [0.29, 0.717) is 19.8 Å². The average molecular weight is 771 g/mol. The third-order valence-corrected chi connectivity index (χ3v) is 9.06. The number of fused-ring (bicyclic) bond motifs is 1. The van der Waals surface area contributed by atoms with E-state index in [1.807, 2.05) is 57.2 Å². The van der Waals surface area contributed by atoms with E-state index in [4.69, 9.17) is 14.2 Å². The van der Waals surface area contributed by atoms with Gasteiger partial charge < -0.3 is 37.3 Å². The predicted molar refractivity (Wildman–Crippen MR) is 228 cm³/mol. The van der Waals surface area contributed by atoms with Gasteiger partial charge in [-0.05, 0) is 144 Å². The summed E-state index contributed by atoms with van der Waals surface area (Å²) in [6, 6.07) is 50.4. The fourth-order valence-corrected chi connectivity index (χ4v) is 5.93. The van der Waals surface area contributed by atoms with Gasteiger partial charge in [-0.3, -0.25) is 0 Å². The van der Waals surface area contributed by atoms with Gasteiger partial charge >= 0.3 is 0 Å². The van der Waals surface area contributed by atoms with Gasteiger partial charge in [-0.15, -0.1) is 0 Å². The summed E-state index contributed by atoms with van der Waals surface area (Å²) in [6.45, 7) is 15.7. The fraction of sp³-hybridized carbons (Fsp3) is 0.229. The Morgan fingerprint density at radius 2 is 0.911 bits per heavy atom. The number of hydrogen-bond acceptors (Lipinski definition) is 5. The quantitative estimate of drug-likeness (QED) is 0.0963.